The smallest absolute Gasteiger partial charge is 0.319 e. The fourth-order valence-electron chi connectivity index (χ4n) is 6.11. The van der Waals surface area contributed by atoms with Crippen molar-refractivity contribution in [1.29, 1.82) is 0 Å². The van der Waals surface area contributed by atoms with Gasteiger partial charge in [-0.05, 0) is 72.9 Å². The molecule has 4 aliphatic rings. The summed E-state index contributed by atoms with van der Waals surface area (Å²) in [6.45, 7) is 1.75. The normalized spacial score (nSPS) is 25.1. The van der Waals surface area contributed by atoms with Crippen molar-refractivity contribution < 1.29 is 18.0 Å². The van der Waals surface area contributed by atoms with Crippen LogP contribution in [-0.4, -0.2) is 67.3 Å². The van der Waals surface area contributed by atoms with Crippen LogP contribution in [0.2, 0.25) is 0 Å². The fraction of sp³-hybridized carbons (Fsp3) is 0.462. The molecule has 3 amide bonds. The van der Waals surface area contributed by atoms with Gasteiger partial charge >= 0.3 is 6.03 Å². The molecule has 184 valence electrons. The number of rotatable bonds is 4. The number of urea groups is 1. The van der Waals surface area contributed by atoms with Crippen LogP contribution in [0.3, 0.4) is 0 Å². The Morgan fingerprint density at radius 1 is 0.857 bits per heavy atom. The Kier molecular flexibility index (Phi) is 5.47. The lowest BCUT2D eigenvalue weighted by atomic mass is 9.76. The molecule has 2 aliphatic carbocycles. The summed E-state index contributed by atoms with van der Waals surface area (Å²) in [6, 6.07) is 13.0. The molecule has 0 radical (unpaired) electrons. The van der Waals surface area contributed by atoms with Gasteiger partial charge in [-0.2, -0.15) is 4.31 Å². The van der Waals surface area contributed by atoms with Crippen molar-refractivity contribution in [1.82, 2.24) is 19.4 Å². The van der Waals surface area contributed by atoms with E-state index in [1.165, 1.54) is 14.8 Å². The molecule has 2 aromatic rings. The van der Waals surface area contributed by atoms with Gasteiger partial charge in [-0.15, -0.1) is 0 Å². The zero-order valence-corrected chi connectivity index (χ0v) is 20.5. The third kappa shape index (κ3) is 3.68. The number of sulfonamides is 1. The van der Waals surface area contributed by atoms with Gasteiger partial charge in [0.05, 0.1) is 11.6 Å². The summed E-state index contributed by atoms with van der Waals surface area (Å²) < 4.78 is 28.0. The highest BCUT2D eigenvalue weighted by atomic mass is 32.2. The van der Waals surface area contributed by atoms with Gasteiger partial charge in [-0.3, -0.25) is 9.69 Å². The predicted octanol–water partition coefficient (Wildman–Crippen LogP) is 2.22. The predicted molar refractivity (Wildman–Crippen MR) is 130 cm³/mol. The first-order valence-electron chi connectivity index (χ1n) is 12.5. The molecule has 9 heteroatoms. The van der Waals surface area contributed by atoms with Crippen LogP contribution in [0.1, 0.15) is 41.5 Å². The average molecular weight is 495 g/mol. The number of hydrogen-bond donors (Lipinski definition) is 1. The molecule has 2 aromatic carbocycles. The third-order valence-corrected chi connectivity index (χ3v) is 9.93. The van der Waals surface area contributed by atoms with Crippen LogP contribution in [-0.2, 0) is 39.6 Å². The summed E-state index contributed by atoms with van der Waals surface area (Å²) in [6.07, 6.45) is 5.37. The highest BCUT2D eigenvalue weighted by Gasteiger charge is 2.54. The number of aryl methyl sites for hydroxylation is 3. The molecule has 2 fully saturated rings. The number of piperazine rings is 1. The summed E-state index contributed by atoms with van der Waals surface area (Å²) in [5.41, 5.74) is 3.42. The quantitative estimate of drug-likeness (QED) is 0.659. The Balaban J connectivity index is 1.13. The van der Waals surface area contributed by atoms with E-state index in [-0.39, 0.29) is 18.6 Å². The van der Waals surface area contributed by atoms with Crippen LogP contribution in [0.5, 0.6) is 0 Å². The van der Waals surface area contributed by atoms with E-state index in [0.717, 1.165) is 48.8 Å². The standard InChI is InChI=1S/C26H30N4O4S/c31-24-26(12-4-8-20-5-1-2-9-23(20)26)27-25(32)30(24)18-28-13-15-29(16-14-28)35(33,34)22-11-10-19-6-3-7-21(19)17-22/h1-2,5,9-11,17H,3-4,6-8,12-16,18H2,(H,27,32). The number of hydrogen-bond acceptors (Lipinski definition) is 5. The van der Waals surface area contributed by atoms with Crippen LogP contribution >= 0.6 is 0 Å². The Hall–Kier alpha value is -2.75. The molecule has 2 heterocycles. The van der Waals surface area contributed by atoms with Crippen molar-refractivity contribution in [3.05, 3.63) is 64.7 Å². The molecule has 1 atom stereocenters. The molecule has 0 saturated carbocycles. The van der Waals surface area contributed by atoms with E-state index in [4.69, 9.17) is 0 Å². The molecule has 1 unspecified atom stereocenters. The van der Waals surface area contributed by atoms with Crippen molar-refractivity contribution in [2.45, 2.75) is 49.0 Å². The van der Waals surface area contributed by atoms with Gasteiger partial charge in [0.2, 0.25) is 10.0 Å². The number of imide groups is 1. The van der Waals surface area contributed by atoms with E-state index >= 15 is 0 Å². The van der Waals surface area contributed by atoms with Gasteiger partial charge in [0.15, 0.2) is 0 Å². The van der Waals surface area contributed by atoms with E-state index in [2.05, 4.69) is 5.32 Å². The van der Waals surface area contributed by atoms with Gasteiger partial charge < -0.3 is 5.32 Å². The van der Waals surface area contributed by atoms with Gasteiger partial charge in [0.1, 0.15) is 5.54 Å². The summed E-state index contributed by atoms with van der Waals surface area (Å²) in [5, 5.41) is 2.99. The number of carbonyl (C=O) groups excluding carboxylic acids is 2. The molecule has 6 rings (SSSR count). The number of nitrogens with zero attached hydrogens (tertiary/aromatic N) is 3. The molecule has 0 bridgehead atoms. The maximum atomic E-state index is 13.5. The topological polar surface area (TPSA) is 90.0 Å². The summed E-state index contributed by atoms with van der Waals surface area (Å²) >= 11 is 0. The molecule has 2 saturated heterocycles. The first-order valence-corrected chi connectivity index (χ1v) is 13.9. The highest BCUT2D eigenvalue weighted by Crippen LogP contribution is 2.40. The van der Waals surface area contributed by atoms with Crippen molar-refractivity contribution in [3.8, 4) is 0 Å². The summed E-state index contributed by atoms with van der Waals surface area (Å²) in [7, 11) is -3.56. The second-order valence-electron chi connectivity index (χ2n) is 10.0. The van der Waals surface area contributed by atoms with E-state index in [9.17, 15) is 18.0 Å². The maximum absolute atomic E-state index is 13.5. The second-order valence-corrected chi connectivity index (χ2v) is 12.0. The minimum absolute atomic E-state index is 0.168. The zero-order valence-electron chi connectivity index (χ0n) is 19.7. The first-order chi connectivity index (χ1) is 16.9. The zero-order chi connectivity index (χ0) is 24.2. The van der Waals surface area contributed by atoms with E-state index < -0.39 is 15.6 Å². The van der Waals surface area contributed by atoms with Crippen LogP contribution in [0.4, 0.5) is 4.79 Å². The van der Waals surface area contributed by atoms with E-state index in [1.807, 2.05) is 41.3 Å². The van der Waals surface area contributed by atoms with E-state index in [1.54, 1.807) is 6.07 Å². The first kappa shape index (κ1) is 22.7. The largest absolute Gasteiger partial charge is 0.326 e. The van der Waals surface area contributed by atoms with Gasteiger partial charge in [-0.25, -0.2) is 18.1 Å². The van der Waals surface area contributed by atoms with Crippen molar-refractivity contribution >= 4 is 22.0 Å². The molecule has 35 heavy (non-hydrogen) atoms. The molecular weight excluding hydrogens is 464 g/mol. The fourth-order valence-corrected chi connectivity index (χ4v) is 7.58. The Labute approximate surface area is 205 Å². The molecule has 1 N–H and O–H groups in total. The lowest BCUT2D eigenvalue weighted by Crippen LogP contribution is -2.53. The second kappa shape index (κ2) is 8.43. The van der Waals surface area contributed by atoms with Crippen LogP contribution in [0.15, 0.2) is 47.4 Å². The number of nitrogens with one attached hydrogen (secondary N) is 1. The molecule has 2 aliphatic heterocycles. The molecule has 0 aromatic heterocycles. The third-order valence-electron chi connectivity index (χ3n) is 8.03. The molecular formula is C26H30N4O4S. The monoisotopic (exact) mass is 494 g/mol. The van der Waals surface area contributed by atoms with Crippen LogP contribution < -0.4 is 5.32 Å². The van der Waals surface area contributed by atoms with Crippen molar-refractivity contribution in [3.63, 3.8) is 0 Å². The number of benzene rings is 2. The van der Waals surface area contributed by atoms with Crippen molar-refractivity contribution in [2.75, 3.05) is 32.8 Å². The molecule has 8 nitrogen and oxygen atoms in total. The maximum Gasteiger partial charge on any atom is 0.326 e. The Morgan fingerprint density at radius 2 is 1.60 bits per heavy atom. The lowest BCUT2D eigenvalue weighted by molar-refractivity contribution is -0.133. The number of amides is 3. The lowest BCUT2D eigenvalue weighted by Gasteiger charge is -2.36. The summed E-state index contributed by atoms with van der Waals surface area (Å²) in [5.74, 6) is -0.206. The highest BCUT2D eigenvalue weighted by molar-refractivity contribution is 7.89. The Bertz CT molecular complexity index is 1300. The van der Waals surface area contributed by atoms with Crippen LogP contribution in [0, 0.1) is 0 Å². The minimum atomic E-state index is -3.56. The minimum Gasteiger partial charge on any atom is -0.319 e. The van der Waals surface area contributed by atoms with Gasteiger partial charge in [0.25, 0.3) is 5.91 Å². The van der Waals surface area contributed by atoms with Crippen LogP contribution in [0.25, 0.3) is 0 Å². The average Bonchev–Trinajstić information content (AvgIpc) is 3.43. The van der Waals surface area contributed by atoms with Gasteiger partial charge in [-0.1, -0.05) is 30.3 Å². The Morgan fingerprint density at radius 3 is 2.43 bits per heavy atom. The molecule has 1 spiro atoms. The SMILES string of the molecule is O=C1NC2(CCCc3ccccc32)C(=O)N1CN1CCN(S(=O)(=O)c2ccc3c(c2)CCC3)CC1. The summed E-state index contributed by atoms with van der Waals surface area (Å²) in [4.78, 5) is 30.1. The van der Waals surface area contributed by atoms with Crippen molar-refractivity contribution in [2.24, 2.45) is 0 Å². The number of carbonyl (C=O) groups is 2. The van der Waals surface area contributed by atoms with E-state index in [0.29, 0.717) is 37.5 Å². The number of fused-ring (bicyclic) bond motifs is 3. The van der Waals surface area contributed by atoms with Gasteiger partial charge in [0, 0.05) is 26.2 Å².